The maximum absolute atomic E-state index is 14.3. The van der Waals surface area contributed by atoms with E-state index in [4.69, 9.17) is 4.74 Å². The summed E-state index contributed by atoms with van der Waals surface area (Å²) in [6, 6.07) is 10.7. The van der Waals surface area contributed by atoms with Crippen LogP contribution in [-0.2, 0) is 16.8 Å². The van der Waals surface area contributed by atoms with Crippen molar-refractivity contribution in [3.63, 3.8) is 0 Å². The minimum absolute atomic E-state index is 0.00673. The molecule has 2 aromatic heterocycles. The standard InChI is InChI=1S/C25H28FN3O2.C8H13N3O/c1-5-18-10-15(2)24(12-21(18)26)31-23-8-9-28-22-7-6-19(11-20(22)23)25(30)29-16(3)13-27-14-17(29)4;1-8(2,3)11-5-7(4-10-11)9-6-12/h6-12,16-17,27H,5,13-14H2,1-4H3;4-6H,1-3H3,(H,9,12). The number of anilines is 1. The van der Waals surface area contributed by atoms with Gasteiger partial charge in [-0.05, 0) is 89.4 Å². The van der Waals surface area contributed by atoms with Crippen molar-refractivity contribution in [3.8, 4) is 11.5 Å². The van der Waals surface area contributed by atoms with Crippen LogP contribution in [0.1, 0.15) is 63.0 Å². The van der Waals surface area contributed by atoms with Crippen LogP contribution in [0, 0.1) is 12.7 Å². The van der Waals surface area contributed by atoms with Crippen molar-refractivity contribution >= 4 is 28.9 Å². The van der Waals surface area contributed by atoms with Crippen molar-refractivity contribution in [1.29, 1.82) is 0 Å². The van der Waals surface area contributed by atoms with Gasteiger partial charge in [-0.1, -0.05) is 6.92 Å². The summed E-state index contributed by atoms with van der Waals surface area (Å²) in [5, 5.41) is 10.7. The van der Waals surface area contributed by atoms with Crippen LogP contribution in [0.5, 0.6) is 11.5 Å². The normalized spacial score (nSPS) is 16.8. The molecule has 1 fully saturated rings. The number of rotatable bonds is 6. The molecular weight excluding hydrogens is 547 g/mol. The molecule has 0 bridgehead atoms. The number of ether oxygens (including phenoxy) is 1. The van der Waals surface area contributed by atoms with E-state index in [1.165, 1.54) is 6.07 Å². The van der Waals surface area contributed by atoms with Gasteiger partial charge in [-0.2, -0.15) is 5.10 Å². The molecule has 0 saturated carbocycles. The lowest BCUT2D eigenvalue weighted by Crippen LogP contribution is -2.57. The first-order chi connectivity index (χ1) is 20.4. The number of hydrogen-bond donors (Lipinski definition) is 2. The number of halogens is 1. The van der Waals surface area contributed by atoms with E-state index in [1.807, 2.05) is 63.8 Å². The highest BCUT2D eigenvalue weighted by Crippen LogP contribution is 2.33. The summed E-state index contributed by atoms with van der Waals surface area (Å²) in [5.74, 6) is 0.725. The molecule has 2 N–H and O–H groups in total. The Hall–Kier alpha value is -4.31. The van der Waals surface area contributed by atoms with Gasteiger partial charge in [-0.15, -0.1) is 0 Å². The number of aromatic nitrogens is 3. The van der Waals surface area contributed by atoms with Crippen LogP contribution in [0.3, 0.4) is 0 Å². The molecular formula is C33H41FN6O3. The molecule has 1 aliphatic rings. The van der Waals surface area contributed by atoms with Crippen molar-refractivity contribution in [1.82, 2.24) is 25.0 Å². The second-order valence-electron chi connectivity index (χ2n) is 11.9. The Kier molecular flexibility index (Phi) is 9.80. The highest BCUT2D eigenvalue weighted by Gasteiger charge is 2.29. The summed E-state index contributed by atoms with van der Waals surface area (Å²) in [6.45, 7) is 15.6. The van der Waals surface area contributed by atoms with Crippen LogP contribution < -0.4 is 15.4 Å². The van der Waals surface area contributed by atoms with Crippen molar-refractivity contribution in [2.45, 2.75) is 72.5 Å². The summed E-state index contributed by atoms with van der Waals surface area (Å²) in [6.07, 6.45) is 6.35. The third-order valence-corrected chi connectivity index (χ3v) is 7.45. The van der Waals surface area contributed by atoms with Crippen LogP contribution >= 0.6 is 0 Å². The number of aryl methyl sites for hydroxylation is 2. The van der Waals surface area contributed by atoms with E-state index in [0.29, 0.717) is 35.5 Å². The minimum atomic E-state index is -0.279. The second-order valence-corrected chi connectivity index (χ2v) is 11.9. The van der Waals surface area contributed by atoms with E-state index in [-0.39, 0.29) is 29.3 Å². The first kappa shape index (κ1) is 31.6. The first-order valence-electron chi connectivity index (χ1n) is 14.6. The summed E-state index contributed by atoms with van der Waals surface area (Å²) in [5.41, 5.74) is 3.52. The van der Waals surface area contributed by atoms with Crippen molar-refractivity contribution in [2.75, 3.05) is 18.4 Å². The quantitative estimate of drug-likeness (QED) is 0.265. The lowest BCUT2D eigenvalue weighted by molar-refractivity contribution is -0.105. The van der Waals surface area contributed by atoms with Gasteiger partial charge in [0.25, 0.3) is 5.91 Å². The van der Waals surface area contributed by atoms with Crippen LogP contribution in [0.2, 0.25) is 0 Å². The zero-order valence-electron chi connectivity index (χ0n) is 25.9. The molecule has 2 amide bonds. The zero-order valence-corrected chi connectivity index (χ0v) is 25.9. The topological polar surface area (TPSA) is 101 Å². The number of piperazine rings is 1. The van der Waals surface area contributed by atoms with Crippen LogP contribution in [0.4, 0.5) is 10.1 Å². The van der Waals surface area contributed by atoms with E-state index in [1.54, 1.807) is 29.3 Å². The van der Waals surface area contributed by atoms with Crippen LogP contribution in [-0.4, -0.2) is 57.2 Å². The lowest BCUT2D eigenvalue weighted by Gasteiger charge is -2.39. The average molecular weight is 589 g/mol. The SMILES string of the molecule is CC(C)(C)n1cc(NC=O)cn1.CCc1cc(C)c(Oc2ccnc3ccc(C(=O)N4C(C)CNCC4C)cc23)cc1F. The molecule has 3 heterocycles. The third-order valence-electron chi connectivity index (χ3n) is 7.45. The largest absolute Gasteiger partial charge is 0.456 e. The summed E-state index contributed by atoms with van der Waals surface area (Å²) < 4.78 is 22.3. The Bertz CT molecular complexity index is 1590. The molecule has 43 heavy (non-hydrogen) atoms. The van der Waals surface area contributed by atoms with Gasteiger partial charge in [-0.25, -0.2) is 4.39 Å². The molecule has 2 atom stereocenters. The number of pyridine rings is 1. The number of nitrogens with zero attached hydrogens (tertiary/aromatic N) is 4. The molecule has 0 spiro atoms. The lowest BCUT2D eigenvalue weighted by atomic mass is 10.0. The molecule has 228 valence electrons. The molecule has 2 aromatic carbocycles. The minimum Gasteiger partial charge on any atom is -0.456 e. The number of carbonyl (C=O) groups is 2. The molecule has 2 unspecified atom stereocenters. The highest BCUT2D eigenvalue weighted by atomic mass is 19.1. The van der Waals surface area contributed by atoms with Gasteiger partial charge in [0.15, 0.2) is 0 Å². The Labute approximate surface area is 252 Å². The monoisotopic (exact) mass is 588 g/mol. The smallest absolute Gasteiger partial charge is 0.254 e. The Balaban J connectivity index is 0.000000296. The summed E-state index contributed by atoms with van der Waals surface area (Å²) in [7, 11) is 0. The predicted octanol–water partition coefficient (Wildman–Crippen LogP) is 6.07. The van der Waals surface area contributed by atoms with Gasteiger partial charge in [0, 0.05) is 54.6 Å². The maximum atomic E-state index is 14.3. The van der Waals surface area contributed by atoms with Crippen molar-refractivity contribution < 1.29 is 18.7 Å². The van der Waals surface area contributed by atoms with Crippen LogP contribution in [0.25, 0.3) is 10.9 Å². The number of hydrogen-bond acceptors (Lipinski definition) is 6. The first-order valence-corrected chi connectivity index (χ1v) is 14.6. The van der Waals surface area contributed by atoms with Gasteiger partial charge >= 0.3 is 0 Å². The van der Waals surface area contributed by atoms with Gasteiger partial charge < -0.3 is 20.3 Å². The van der Waals surface area contributed by atoms with Gasteiger partial charge in [0.1, 0.15) is 17.3 Å². The van der Waals surface area contributed by atoms with E-state index in [0.717, 1.165) is 35.2 Å². The van der Waals surface area contributed by atoms with Gasteiger partial charge in [0.05, 0.1) is 22.9 Å². The van der Waals surface area contributed by atoms with E-state index in [2.05, 4.69) is 34.6 Å². The third kappa shape index (κ3) is 7.37. The van der Waals surface area contributed by atoms with Crippen molar-refractivity contribution in [3.05, 3.63) is 77.5 Å². The van der Waals surface area contributed by atoms with Crippen LogP contribution in [0.15, 0.2) is 55.0 Å². The van der Waals surface area contributed by atoms with Gasteiger partial charge in [0.2, 0.25) is 6.41 Å². The number of benzene rings is 2. The highest BCUT2D eigenvalue weighted by molar-refractivity contribution is 5.99. The number of fused-ring (bicyclic) bond motifs is 1. The van der Waals surface area contributed by atoms with E-state index >= 15 is 0 Å². The molecule has 10 heteroatoms. The summed E-state index contributed by atoms with van der Waals surface area (Å²) >= 11 is 0. The zero-order chi connectivity index (χ0) is 31.3. The summed E-state index contributed by atoms with van der Waals surface area (Å²) in [4.78, 5) is 29.7. The van der Waals surface area contributed by atoms with Crippen molar-refractivity contribution in [2.24, 2.45) is 0 Å². The molecule has 4 aromatic rings. The van der Waals surface area contributed by atoms with E-state index < -0.39 is 0 Å². The second kappa shape index (κ2) is 13.3. The molecule has 0 radical (unpaired) electrons. The van der Waals surface area contributed by atoms with E-state index in [9.17, 15) is 14.0 Å². The maximum Gasteiger partial charge on any atom is 0.254 e. The molecule has 1 saturated heterocycles. The molecule has 5 rings (SSSR count). The Morgan fingerprint density at radius 2 is 1.86 bits per heavy atom. The molecule has 0 aliphatic carbocycles. The number of nitrogens with one attached hydrogen (secondary N) is 2. The Morgan fingerprint density at radius 1 is 1.14 bits per heavy atom. The molecule has 1 aliphatic heterocycles. The fourth-order valence-electron chi connectivity index (χ4n) is 5.08. The number of carbonyl (C=O) groups excluding carboxylic acids is 2. The Morgan fingerprint density at radius 3 is 2.49 bits per heavy atom. The molecule has 9 nitrogen and oxygen atoms in total. The van der Waals surface area contributed by atoms with Gasteiger partial charge in [-0.3, -0.25) is 19.3 Å². The fourth-order valence-corrected chi connectivity index (χ4v) is 5.08. The predicted molar refractivity (Wildman–Crippen MR) is 167 cm³/mol. The fraction of sp³-hybridized carbons (Fsp3) is 0.394. The number of amides is 2. The average Bonchev–Trinajstić information content (AvgIpc) is 3.45.